The van der Waals surface area contributed by atoms with Crippen LogP contribution in [0.4, 0.5) is 0 Å². The third-order valence-corrected chi connectivity index (χ3v) is 4.12. The van der Waals surface area contributed by atoms with E-state index in [9.17, 15) is 0 Å². The van der Waals surface area contributed by atoms with Gasteiger partial charge in [0.1, 0.15) is 11.3 Å². The second-order valence-electron chi connectivity index (χ2n) is 5.87. The number of aryl methyl sites for hydroxylation is 3. The lowest BCUT2D eigenvalue weighted by atomic mass is 10.0. The quantitative estimate of drug-likeness (QED) is 0.543. The summed E-state index contributed by atoms with van der Waals surface area (Å²) in [7, 11) is 0. The van der Waals surface area contributed by atoms with Crippen molar-refractivity contribution in [3.8, 4) is 17.1 Å². The van der Waals surface area contributed by atoms with Gasteiger partial charge in [0, 0.05) is 18.0 Å². The molecule has 114 valence electrons. The van der Waals surface area contributed by atoms with Crippen LogP contribution < -0.4 is 0 Å². The van der Waals surface area contributed by atoms with Crippen molar-refractivity contribution < 1.29 is 4.42 Å². The molecule has 0 radical (unpaired) electrons. The topological polar surface area (TPSA) is 43.9 Å². The first kappa shape index (κ1) is 13.8. The van der Waals surface area contributed by atoms with Gasteiger partial charge in [-0.25, -0.2) is 9.97 Å². The standard InChI is InChI=1S/C19H17N3O/c1-12-9-13(2)18(14(3)10-12)22-8-7-20-19(22)15-5-4-6-16-17(15)21-11-23-16/h4-11H,1-3H3. The molecule has 4 aromatic rings. The van der Waals surface area contributed by atoms with Crippen molar-refractivity contribution in [2.45, 2.75) is 20.8 Å². The number of hydrogen-bond acceptors (Lipinski definition) is 3. The average Bonchev–Trinajstić information content (AvgIpc) is 3.14. The number of aromatic nitrogens is 3. The van der Waals surface area contributed by atoms with Gasteiger partial charge >= 0.3 is 0 Å². The Morgan fingerprint density at radius 2 is 1.78 bits per heavy atom. The lowest BCUT2D eigenvalue weighted by Crippen LogP contribution is -2.02. The molecule has 4 nitrogen and oxygen atoms in total. The molecule has 0 atom stereocenters. The highest BCUT2D eigenvalue weighted by Gasteiger charge is 2.15. The minimum atomic E-state index is 0.773. The first-order valence-electron chi connectivity index (χ1n) is 7.59. The maximum absolute atomic E-state index is 5.42. The van der Waals surface area contributed by atoms with Gasteiger partial charge in [0.15, 0.2) is 12.0 Å². The molecule has 0 unspecified atom stereocenters. The molecule has 0 fully saturated rings. The van der Waals surface area contributed by atoms with Crippen LogP contribution in [0.1, 0.15) is 16.7 Å². The normalized spacial score (nSPS) is 11.3. The van der Waals surface area contributed by atoms with Crippen molar-refractivity contribution in [1.29, 1.82) is 0 Å². The Morgan fingerprint density at radius 1 is 1.00 bits per heavy atom. The summed E-state index contributed by atoms with van der Waals surface area (Å²) in [5.41, 5.74) is 7.48. The maximum Gasteiger partial charge on any atom is 0.182 e. The summed E-state index contributed by atoms with van der Waals surface area (Å²) in [6.45, 7) is 6.39. The van der Waals surface area contributed by atoms with Crippen molar-refractivity contribution >= 4 is 11.1 Å². The van der Waals surface area contributed by atoms with Crippen molar-refractivity contribution in [2.24, 2.45) is 0 Å². The first-order chi connectivity index (χ1) is 11.1. The highest BCUT2D eigenvalue weighted by molar-refractivity contribution is 5.88. The molecule has 23 heavy (non-hydrogen) atoms. The average molecular weight is 303 g/mol. The molecule has 0 aliphatic rings. The predicted octanol–water partition coefficient (Wildman–Crippen LogP) is 4.61. The fraction of sp³-hybridized carbons (Fsp3) is 0.158. The van der Waals surface area contributed by atoms with Gasteiger partial charge in [0.05, 0.1) is 5.69 Å². The molecule has 2 aromatic heterocycles. The number of imidazole rings is 1. The number of oxazole rings is 1. The number of fused-ring (bicyclic) bond motifs is 1. The van der Waals surface area contributed by atoms with Gasteiger partial charge in [-0.05, 0) is 44.0 Å². The van der Waals surface area contributed by atoms with E-state index in [4.69, 9.17) is 4.42 Å². The minimum Gasteiger partial charge on any atom is -0.443 e. The first-order valence-corrected chi connectivity index (χ1v) is 7.59. The van der Waals surface area contributed by atoms with Crippen LogP contribution >= 0.6 is 0 Å². The minimum absolute atomic E-state index is 0.773. The lowest BCUT2D eigenvalue weighted by molar-refractivity contribution is 0.602. The highest BCUT2D eigenvalue weighted by Crippen LogP contribution is 2.30. The Hall–Kier alpha value is -2.88. The van der Waals surface area contributed by atoms with E-state index in [-0.39, 0.29) is 0 Å². The zero-order valence-electron chi connectivity index (χ0n) is 13.4. The molecule has 4 rings (SSSR count). The predicted molar refractivity (Wildman–Crippen MR) is 90.8 cm³/mol. The van der Waals surface area contributed by atoms with Gasteiger partial charge in [-0.3, -0.25) is 4.57 Å². The molecule has 0 saturated heterocycles. The van der Waals surface area contributed by atoms with Crippen molar-refractivity contribution in [3.63, 3.8) is 0 Å². The van der Waals surface area contributed by atoms with E-state index in [1.165, 1.54) is 28.8 Å². The Bertz CT molecular complexity index is 987. The summed E-state index contributed by atoms with van der Waals surface area (Å²) >= 11 is 0. The summed E-state index contributed by atoms with van der Waals surface area (Å²) in [5.74, 6) is 0.875. The smallest absolute Gasteiger partial charge is 0.182 e. The Labute approximate surface area is 134 Å². The van der Waals surface area contributed by atoms with Crippen molar-refractivity contribution in [2.75, 3.05) is 0 Å². The fourth-order valence-electron chi connectivity index (χ4n) is 3.30. The molecule has 0 N–H and O–H groups in total. The van der Waals surface area contributed by atoms with Gasteiger partial charge in [-0.2, -0.15) is 0 Å². The van der Waals surface area contributed by atoms with Gasteiger partial charge in [-0.1, -0.05) is 23.8 Å². The zero-order chi connectivity index (χ0) is 16.0. The summed E-state index contributed by atoms with van der Waals surface area (Å²) in [6, 6.07) is 10.3. The highest BCUT2D eigenvalue weighted by atomic mass is 16.3. The van der Waals surface area contributed by atoms with Crippen LogP contribution in [0.15, 0.2) is 53.5 Å². The van der Waals surface area contributed by atoms with Crippen LogP contribution in [0.25, 0.3) is 28.2 Å². The molecular weight excluding hydrogens is 286 g/mol. The van der Waals surface area contributed by atoms with E-state index in [1.54, 1.807) is 0 Å². The third-order valence-electron chi connectivity index (χ3n) is 4.12. The molecule has 0 spiro atoms. The molecule has 2 aromatic carbocycles. The van der Waals surface area contributed by atoms with Crippen LogP contribution in [0.5, 0.6) is 0 Å². The van der Waals surface area contributed by atoms with Crippen LogP contribution in [-0.4, -0.2) is 14.5 Å². The summed E-state index contributed by atoms with van der Waals surface area (Å²) in [5, 5.41) is 0. The number of hydrogen-bond donors (Lipinski definition) is 0. The van der Waals surface area contributed by atoms with Crippen LogP contribution in [-0.2, 0) is 0 Å². The van der Waals surface area contributed by atoms with E-state index in [1.807, 2.05) is 30.6 Å². The fourth-order valence-corrected chi connectivity index (χ4v) is 3.30. The van der Waals surface area contributed by atoms with Crippen LogP contribution in [0.3, 0.4) is 0 Å². The molecule has 4 heteroatoms. The molecule has 0 aliphatic heterocycles. The number of rotatable bonds is 2. The van der Waals surface area contributed by atoms with Crippen molar-refractivity contribution in [3.05, 3.63) is 65.8 Å². The maximum atomic E-state index is 5.42. The summed E-state index contributed by atoms with van der Waals surface area (Å²) < 4.78 is 7.55. The van der Waals surface area contributed by atoms with Gasteiger partial charge in [0.25, 0.3) is 0 Å². The zero-order valence-corrected chi connectivity index (χ0v) is 13.4. The molecule has 0 bridgehead atoms. The largest absolute Gasteiger partial charge is 0.443 e. The van der Waals surface area contributed by atoms with Gasteiger partial charge in [-0.15, -0.1) is 0 Å². The van der Waals surface area contributed by atoms with Gasteiger partial charge < -0.3 is 4.42 Å². The van der Waals surface area contributed by atoms with E-state index in [0.717, 1.165) is 22.5 Å². The molecule has 0 amide bonds. The van der Waals surface area contributed by atoms with Crippen LogP contribution in [0, 0.1) is 20.8 Å². The second-order valence-corrected chi connectivity index (χ2v) is 5.87. The molecule has 2 heterocycles. The van der Waals surface area contributed by atoms with E-state index >= 15 is 0 Å². The second kappa shape index (κ2) is 5.09. The monoisotopic (exact) mass is 303 g/mol. The summed E-state index contributed by atoms with van der Waals surface area (Å²) in [6.07, 6.45) is 5.30. The molecule has 0 saturated carbocycles. The number of benzene rings is 2. The molecular formula is C19H17N3O. The Balaban J connectivity index is 1.99. The third kappa shape index (κ3) is 2.14. The number of para-hydroxylation sites is 1. The van der Waals surface area contributed by atoms with E-state index in [0.29, 0.717) is 0 Å². The van der Waals surface area contributed by atoms with Gasteiger partial charge in [0.2, 0.25) is 0 Å². The Morgan fingerprint density at radius 3 is 2.57 bits per heavy atom. The molecule has 0 aliphatic carbocycles. The summed E-state index contributed by atoms with van der Waals surface area (Å²) in [4.78, 5) is 8.93. The van der Waals surface area contributed by atoms with E-state index in [2.05, 4.69) is 47.4 Å². The van der Waals surface area contributed by atoms with Crippen molar-refractivity contribution in [1.82, 2.24) is 14.5 Å². The lowest BCUT2D eigenvalue weighted by Gasteiger charge is -2.15. The number of nitrogens with zero attached hydrogens (tertiary/aromatic N) is 3. The van der Waals surface area contributed by atoms with Crippen LogP contribution in [0.2, 0.25) is 0 Å². The van der Waals surface area contributed by atoms with E-state index < -0.39 is 0 Å². The SMILES string of the molecule is Cc1cc(C)c(-n2ccnc2-c2cccc3ocnc23)c(C)c1. The Kier molecular flexibility index (Phi) is 3.05.